The predicted octanol–water partition coefficient (Wildman–Crippen LogP) is 4.27. The molecular formula is C40H41N9O6. The highest BCUT2D eigenvalue weighted by Gasteiger charge is 2.40. The second-order valence-corrected chi connectivity index (χ2v) is 15.5. The molecule has 4 amide bonds. The second-order valence-electron chi connectivity index (χ2n) is 15.5. The lowest BCUT2D eigenvalue weighted by atomic mass is 9.92. The fourth-order valence-electron chi connectivity index (χ4n) is 8.36. The number of aromatic nitrogens is 5. The van der Waals surface area contributed by atoms with E-state index in [9.17, 15) is 19.2 Å². The van der Waals surface area contributed by atoms with Crippen LogP contribution in [0.15, 0.2) is 61.2 Å². The van der Waals surface area contributed by atoms with Crippen LogP contribution < -0.4 is 20.3 Å². The summed E-state index contributed by atoms with van der Waals surface area (Å²) in [7, 11) is 0. The molecule has 2 N–H and O–H groups in total. The molecule has 2 aromatic carbocycles. The normalized spacial score (nSPS) is 22.9. The highest BCUT2D eigenvalue weighted by Crippen LogP contribution is 2.38. The molecule has 2 aliphatic carbocycles. The van der Waals surface area contributed by atoms with Gasteiger partial charge in [-0.05, 0) is 86.8 Å². The first-order chi connectivity index (χ1) is 26.8. The van der Waals surface area contributed by atoms with Crippen molar-refractivity contribution in [3.8, 4) is 5.75 Å². The number of imide groups is 1. The van der Waals surface area contributed by atoms with Crippen LogP contribution in [0.2, 0.25) is 0 Å². The number of nitrogens with one attached hydrogen (secondary N) is 2. The van der Waals surface area contributed by atoms with E-state index >= 15 is 0 Å². The molecule has 1 unspecified atom stereocenters. The third-order valence-electron chi connectivity index (χ3n) is 11.7. The molecule has 15 nitrogen and oxygen atoms in total. The van der Waals surface area contributed by atoms with Crippen molar-refractivity contribution in [1.29, 1.82) is 0 Å². The lowest BCUT2D eigenvalue weighted by Crippen LogP contribution is -2.53. The average Bonchev–Trinajstić information content (AvgIpc) is 3.60. The first-order valence-corrected chi connectivity index (χ1v) is 19.3. The van der Waals surface area contributed by atoms with Crippen LogP contribution in [0.3, 0.4) is 0 Å². The topological polar surface area (TPSA) is 165 Å². The van der Waals surface area contributed by atoms with Gasteiger partial charge in [-0.1, -0.05) is 0 Å². The van der Waals surface area contributed by atoms with E-state index in [2.05, 4.69) is 36.5 Å². The zero-order chi connectivity index (χ0) is 37.2. The van der Waals surface area contributed by atoms with E-state index in [0.29, 0.717) is 53.7 Å². The summed E-state index contributed by atoms with van der Waals surface area (Å²) in [5, 5.41) is 15.6. The van der Waals surface area contributed by atoms with Gasteiger partial charge in [0.25, 0.3) is 11.8 Å². The van der Waals surface area contributed by atoms with Crippen molar-refractivity contribution in [3.05, 3.63) is 77.9 Å². The summed E-state index contributed by atoms with van der Waals surface area (Å²) in [6, 6.07) is 11.2. The Morgan fingerprint density at radius 1 is 0.982 bits per heavy atom. The quantitative estimate of drug-likeness (QED) is 0.198. The molecule has 10 rings (SSSR count). The largest absolute Gasteiger partial charge is 0.491 e. The van der Waals surface area contributed by atoms with Gasteiger partial charge in [0.2, 0.25) is 11.8 Å². The summed E-state index contributed by atoms with van der Waals surface area (Å²) in [5.74, 6) is 0.0134. The van der Waals surface area contributed by atoms with E-state index in [1.165, 1.54) is 6.20 Å². The molecule has 6 heterocycles. The van der Waals surface area contributed by atoms with Crippen LogP contribution in [-0.4, -0.2) is 90.9 Å². The maximum absolute atomic E-state index is 13.4. The number of hydrogen-bond acceptors (Lipinski definition) is 10. The first-order valence-electron chi connectivity index (χ1n) is 19.3. The molecule has 2 saturated heterocycles. The van der Waals surface area contributed by atoms with Gasteiger partial charge in [0.05, 0.1) is 42.3 Å². The van der Waals surface area contributed by atoms with Gasteiger partial charge in [-0.25, -0.2) is 9.50 Å². The minimum Gasteiger partial charge on any atom is -0.491 e. The Hall–Kier alpha value is -5.83. The monoisotopic (exact) mass is 743 g/mol. The zero-order valence-corrected chi connectivity index (χ0v) is 30.2. The molecule has 0 radical (unpaired) electrons. The lowest BCUT2D eigenvalue weighted by Gasteiger charge is -2.43. The van der Waals surface area contributed by atoms with Crippen molar-refractivity contribution < 1.29 is 28.7 Å². The minimum absolute atomic E-state index is 0.142. The summed E-state index contributed by atoms with van der Waals surface area (Å²) in [6.45, 7) is 2.54. The van der Waals surface area contributed by atoms with Gasteiger partial charge >= 0.3 is 0 Å². The van der Waals surface area contributed by atoms with Crippen LogP contribution in [0.25, 0.3) is 16.6 Å². The van der Waals surface area contributed by atoms with Crippen molar-refractivity contribution in [3.63, 3.8) is 0 Å². The van der Waals surface area contributed by atoms with E-state index in [-0.39, 0.29) is 42.4 Å². The van der Waals surface area contributed by atoms with Crippen molar-refractivity contribution in [2.75, 3.05) is 29.9 Å². The second kappa shape index (κ2) is 13.5. The molecular weight excluding hydrogens is 702 g/mol. The Kier molecular flexibility index (Phi) is 8.26. The molecule has 4 fully saturated rings. The molecule has 0 spiro atoms. The Bertz CT molecular complexity index is 2350. The zero-order valence-electron chi connectivity index (χ0n) is 30.2. The summed E-state index contributed by atoms with van der Waals surface area (Å²) >= 11 is 0. The van der Waals surface area contributed by atoms with E-state index < -0.39 is 11.9 Å². The Balaban J connectivity index is 0.750. The number of hydrogen-bond donors (Lipinski definition) is 2. The van der Waals surface area contributed by atoms with Crippen molar-refractivity contribution in [2.45, 2.75) is 82.2 Å². The first kappa shape index (κ1) is 33.7. The van der Waals surface area contributed by atoms with Crippen molar-refractivity contribution in [1.82, 2.24) is 34.6 Å². The number of piperidine rings is 1. The van der Waals surface area contributed by atoms with Crippen LogP contribution in [0.5, 0.6) is 5.75 Å². The average molecular weight is 744 g/mol. The van der Waals surface area contributed by atoms with Gasteiger partial charge in [0, 0.05) is 67.3 Å². The van der Waals surface area contributed by atoms with E-state index in [0.717, 1.165) is 73.8 Å². The number of carbonyl (C=O) groups is 4. The Labute approximate surface area is 315 Å². The predicted molar refractivity (Wildman–Crippen MR) is 200 cm³/mol. The van der Waals surface area contributed by atoms with Crippen LogP contribution in [-0.2, 0) is 20.9 Å². The third kappa shape index (κ3) is 6.45. The number of ether oxygens (including phenoxy) is 2. The summed E-state index contributed by atoms with van der Waals surface area (Å²) < 4.78 is 16.4. The number of amides is 4. The van der Waals surface area contributed by atoms with Crippen LogP contribution in [0, 0.1) is 5.92 Å². The van der Waals surface area contributed by atoms with Crippen LogP contribution in [0.1, 0.15) is 83.7 Å². The molecule has 1 atom stereocenters. The maximum Gasteiger partial charge on any atom is 0.261 e. The number of carbonyl (C=O) groups excluding carboxylic acids is 4. The highest BCUT2D eigenvalue weighted by molar-refractivity contribution is 6.09. The van der Waals surface area contributed by atoms with E-state index in [1.807, 2.05) is 30.3 Å². The fraction of sp³-hybridized carbons (Fsp3) is 0.425. The smallest absolute Gasteiger partial charge is 0.261 e. The molecule has 5 aliphatic rings. The molecule has 0 bridgehead atoms. The molecule has 5 aromatic rings. The molecule has 55 heavy (non-hydrogen) atoms. The van der Waals surface area contributed by atoms with E-state index in [4.69, 9.17) is 14.6 Å². The summed E-state index contributed by atoms with van der Waals surface area (Å²) in [5.41, 5.74) is 4.88. The summed E-state index contributed by atoms with van der Waals surface area (Å²) in [6.07, 6.45) is 14.0. The van der Waals surface area contributed by atoms with Gasteiger partial charge in [-0.2, -0.15) is 10.2 Å². The molecule has 282 valence electrons. The van der Waals surface area contributed by atoms with Gasteiger partial charge in [0.15, 0.2) is 5.65 Å². The van der Waals surface area contributed by atoms with Gasteiger partial charge in [0.1, 0.15) is 17.4 Å². The van der Waals surface area contributed by atoms with Gasteiger partial charge < -0.3 is 24.6 Å². The van der Waals surface area contributed by atoms with E-state index in [1.54, 1.807) is 27.9 Å². The van der Waals surface area contributed by atoms with Crippen molar-refractivity contribution in [2.24, 2.45) is 5.92 Å². The molecule has 3 aromatic heterocycles. The standard InChI is InChI=1S/C40H41N9O6/c50-36-11-10-34(39(52)44-36)47-18-24-14-27(6-9-30(24)40(47)53)46-20-29(21-46)55-28-7-4-26(5-8-28)49-19-25-15-33(35(16-32(25)45-49)54-22-23-2-3-23)43-38(51)31-17-42-48-13-1-12-41-37(31)48/h1,6,9,12-17,19,23,26,28-29,34H,2-5,7-8,10-11,18,20-22H2,(H,43,51)(H,44,50,52). The lowest BCUT2D eigenvalue weighted by molar-refractivity contribution is -0.136. The minimum atomic E-state index is -0.616. The number of fused-ring (bicyclic) bond motifs is 3. The number of anilines is 2. The summed E-state index contributed by atoms with van der Waals surface area (Å²) in [4.78, 5) is 58.7. The number of rotatable bonds is 10. The molecule has 2 saturated carbocycles. The Morgan fingerprint density at radius 3 is 2.65 bits per heavy atom. The van der Waals surface area contributed by atoms with Gasteiger partial charge in [-0.3, -0.25) is 29.2 Å². The van der Waals surface area contributed by atoms with Crippen LogP contribution in [0.4, 0.5) is 11.4 Å². The number of benzene rings is 2. The fourth-order valence-corrected chi connectivity index (χ4v) is 8.36. The third-order valence-corrected chi connectivity index (χ3v) is 11.7. The molecule has 3 aliphatic heterocycles. The number of nitrogens with zero attached hydrogens (tertiary/aromatic N) is 7. The SMILES string of the molecule is O=C1CCC(N2Cc3cc(N4CC(OC5CCC(n6cc7cc(NC(=O)c8cnn9cccnc89)c(OCC8CC8)cc7n6)CC5)C4)ccc3C2=O)C(=O)N1. The van der Waals surface area contributed by atoms with Gasteiger partial charge in [-0.15, -0.1) is 0 Å². The Morgan fingerprint density at radius 2 is 1.84 bits per heavy atom. The maximum atomic E-state index is 13.4. The molecule has 15 heteroatoms. The van der Waals surface area contributed by atoms with Crippen molar-refractivity contribution >= 4 is 51.6 Å². The van der Waals surface area contributed by atoms with Crippen LogP contribution >= 0.6 is 0 Å². The highest BCUT2D eigenvalue weighted by atomic mass is 16.5.